The molecule has 3 aromatic rings. The summed E-state index contributed by atoms with van der Waals surface area (Å²) in [7, 11) is 1.74. The van der Waals surface area contributed by atoms with Gasteiger partial charge in [0.25, 0.3) is 5.91 Å². The average molecular weight is 576 g/mol. The van der Waals surface area contributed by atoms with Crippen LogP contribution in [0.1, 0.15) is 57.7 Å². The van der Waals surface area contributed by atoms with Crippen LogP contribution in [-0.4, -0.2) is 46.4 Å². The quantitative estimate of drug-likeness (QED) is 0.382. The molecule has 6 rings (SSSR count). The number of fused-ring (bicyclic) bond motifs is 1. The molecule has 3 aliphatic rings. The van der Waals surface area contributed by atoms with Crippen molar-refractivity contribution in [3.63, 3.8) is 0 Å². The van der Waals surface area contributed by atoms with Crippen LogP contribution < -0.4 is 10.2 Å². The topological polar surface area (TPSA) is 72.3 Å². The molecule has 12 heteroatoms. The molecule has 1 saturated carbocycles. The van der Waals surface area contributed by atoms with Crippen LogP contribution in [0.25, 0.3) is 0 Å². The maximum atomic E-state index is 14.2. The van der Waals surface area contributed by atoms with Gasteiger partial charge in [0.2, 0.25) is 5.92 Å². The van der Waals surface area contributed by atoms with Gasteiger partial charge in [-0.15, -0.1) is 10.2 Å². The number of benzene rings is 2. The van der Waals surface area contributed by atoms with E-state index in [1.807, 2.05) is 0 Å². The van der Waals surface area contributed by atoms with Gasteiger partial charge >= 0.3 is 6.18 Å². The van der Waals surface area contributed by atoms with Crippen LogP contribution in [0.4, 0.5) is 27.6 Å². The van der Waals surface area contributed by atoms with Gasteiger partial charge in [0.15, 0.2) is 0 Å². The summed E-state index contributed by atoms with van der Waals surface area (Å²) in [6.45, 7) is 1.84. The standard InChI is InChI=1S/C29H30F5N5O2/c1-38-17-36-37-25(38)10-27(15-28(30,31)16-27)20-3-2-4-21(9-20)39-13-23-22(26(39)40)7-19(8-24(23)29(32,33)34)12-35-11-18-5-6-41-14-18/h2-4,7-9,17-18,35H,5-6,10-16H2,1H3. The summed E-state index contributed by atoms with van der Waals surface area (Å²) in [6.07, 6.45) is -2.82. The SMILES string of the molecule is Cn1cnnc1CC1(c2cccc(N3Cc4c(cc(CNCC5CCOC5)cc4C(F)(F)F)C3=O)c2)CC(F)(F)C1. The number of amides is 1. The van der Waals surface area contributed by atoms with Crippen LogP contribution >= 0.6 is 0 Å². The fourth-order valence-electron chi connectivity index (χ4n) is 6.34. The molecule has 2 fully saturated rings. The zero-order valence-corrected chi connectivity index (χ0v) is 22.5. The first-order valence-corrected chi connectivity index (χ1v) is 13.6. The molecule has 1 N–H and O–H groups in total. The first-order chi connectivity index (χ1) is 19.4. The number of ether oxygens (including phenoxy) is 1. The first-order valence-electron chi connectivity index (χ1n) is 13.6. The Morgan fingerprint density at radius 1 is 1.17 bits per heavy atom. The summed E-state index contributed by atoms with van der Waals surface area (Å²) in [4.78, 5) is 14.8. The van der Waals surface area contributed by atoms with Crippen LogP contribution in [0.3, 0.4) is 0 Å². The molecule has 218 valence electrons. The number of anilines is 1. The molecular weight excluding hydrogens is 545 g/mol. The van der Waals surface area contributed by atoms with E-state index in [1.165, 1.54) is 17.3 Å². The highest BCUT2D eigenvalue weighted by atomic mass is 19.4. The number of nitrogens with zero attached hydrogens (tertiary/aromatic N) is 4. The Bertz CT molecular complexity index is 1460. The molecule has 3 heterocycles. The molecule has 0 radical (unpaired) electrons. The first kappa shape index (κ1) is 27.8. The second-order valence-corrected chi connectivity index (χ2v) is 11.5. The fraction of sp³-hybridized carbons (Fsp3) is 0.483. The number of carbonyl (C=O) groups is 1. The summed E-state index contributed by atoms with van der Waals surface area (Å²) >= 11 is 0. The Morgan fingerprint density at radius 3 is 2.63 bits per heavy atom. The van der Waals surface area contributed by atoms with Gasteiger partial charge in [0.1, 0.15) is 12.2 Å². The minimum absolute atomic E-state index is 0.00945. The second kappa shape index (κ2) is 10.2. The molecular formula is C29H30F5N5O2. The average Bonchev–Trinajstić information content (AvgIpc) is 3.64. The van der Waals surface area contributed by atoms with Gasteiger partial charge in [0.05, 0.1) is 18.7 Å². The zero-order chi connectivity index (χ0) is 29.0. The largest absolute Gasteiger partial charge is 0.416 e. The Balaban J connectivity index is 1.28. The lowest BCUT2D eigenvalue weighted by Crippen LogP contribution is -2.51. The maximum Gasteiger partial charge on any atom is 0.416 e. The van der Waals surface area contributed by atoms with Crippen LogP contribution in [-0.2, 0) is 42.9 Å². The number of hydrogen-bond donors (Lipinski definition) is 1. The van der Waals surface area contributed by atoms with Crippen molar-refractivity contribution in [3.05, 3.63) is 76.4 Å². The van der Waals surface area contributed by atoms with Crippen LogP contribution in [0.15, 0.2) is 42.7 Å². The molecule has 2 aliphatic heterocycles. The monoisotopic (exact) mass is 575 g/mol. The van der Waals surface area contributed by atoms with Crippen molar-refractivity contribution < 1.29 is 31.5 Å². The van der Waals surface area contributed by atoms with Gasteiger partial charge in [0, 0.05) is 62.7 Å². The predicted molar refractivity (Wildman–Crippen MR) is 140 cm³/mol. The highest BCUT2D eigenvalue weighted by Gasteiger charge is 2.57. The van der Waals surface area contributed by atoms with Crippen molar-refractivity contribution in [1.82, 2.24) is 20.1 Å². The Kier molecular flexibility index (Phi) is 6.88. The van der Waals surface area contributed by atoms with E-state index in [-0.39, 0.29) is 30.6 Å². The summed E-state index contributed by atoms with van der Waals surface area (Å²) in [5.41, 5.74) is -0.510. The normalized spacial score (nSPS) is 21.3. The van der Waals surface area contributed by atoms with E-state index in [2.05, 4.69) is 15.5 Å². The van der Waals surface area contributed by atoms with Gasteiger partial charge in [-0.2, -0.15) is 13.2 Å². The number of halogens is 5. The zero-order valence-electron chi connectivity index (χ0n) is 22.5. The van der Waals surface area contributed by atoms with Gasteiger partial charge in [-0.25, -0.2) is 8.78 Å². The molecule has 0 bridgehead atoms. The lowest BCUT2D eigenvalue weighted by Gasteiger charge is -2.48. The van der Waals surface area contributed by atoms with Crippen LogP contribution in [0, 0.1) is 5.92 Å². The van der Waals surface area contributed by atoms with E-state index in [0.29, 0.717) is 48.3 Å². The second-order valence-electron chi connectivity index (χ2n) is 11.5. The molecule has 1 aliphatic carbocycles. The van der Waals surface area contributed by atoms with Crippen molar-refractivity contribution in [3.8, 4) is 0 Å². The van der Waals surface area contributed by atoms with Gasteiger partial charge in [-0.05, 0) is 53.3 Å². The summed E-state index contributed by atoms with van der Waals surface area (Å²) in [5, 5.41) is 11.1. The third kappa shape index (κ3) is 5.34. The Morgan fingerprint density at radius 2 is 1.98 bits per heavy atom. The van der Waals surface area contributed by atoms with E-state index in [0.717, 1.165) is 12.5 Å². The number of alkyl halides is 5. The number of rotatable bonds is 8. The van der Waals surface area contributed by atoms with Crippen molar-refractivity contribution in [2.24, 2.45) is 13.0 Å². The lowest BCUT2D eigenvalue weighted by molar-refractivity contribution is -0.138. The van der Waals surface area contributed by atoms with Crippen molar-refractivity contribution in [2.45, 2.75) is 56.3 Å². The number of nitrogens with one attached hydrogen (secondary N) is 1. The van der Waals surface area contributed by atoms with E-state index < -0.39 is 41.8 Å². The molecule has 7 nitrogen and oxygen atoms in total. The minimum atomic E-state index is -4.64. The third-order valence-electron chi connectivity index (χ3n) is 8.46. The number of aromatic nitrogens is 3. The highest BCUT2D eigenvalue weighted by molar-refractivity contribution is 6.10. The van der Waals surface area contributed by atoms with E-state index in [9.17, 15) is 26.7 Å². The van der Waals surface area contributed by atoms with Crippen molar-refractivity contribution in [2.75, 3.05) is 24.7 Å². The maximum absolute atomic E-state index is 14.2. The lowest BCUT2D eigenvalue weighted by atomic mass is 9.60. The van der Waals surface area contributed by atoms with Crippen molar-refractivity contribution in [1.29, 1.82) is 0 Å². The summed E-state index contributed by atoms with van der Waals surface area (Å²) < 4.78 is 78.0. The summed E-state index contributed by atoms with van der Waals surface area (Å²) in [5.74, 6) is -2.53. The van der Waals surface area contributed by atoms with Crippen molar-refractivity contribution >= 4 is 11.6 Å². The van der Waals surface area contributed by atoms with E-state index in [1.54, 1.807) is 35.9 Å². The molecule has 1 saturated heterocycles. The minimum Gasteiger partial charge on any atom is -0.381 e. The fourth-order valence-corrected chi connectivity index (χ4v) is 6.34. The van der Waals surface area contributed by atoms with Crippen LogP contribution in [0.2, 0.25) is 0 Å². The molecule has 1 atom stereocenters. The molecule has 0 spiro atoms. The predicted octanol–water partition coefficient (Wildman–Crippen LogP) is 5.03. The van der Waals surface area contributed by atoms with E-state index >= 15 is 0 Å². The number of hydrogen-bond acceptors (Lipinski definition) is 5. The molecule has 2 aromatic carbocycles. The Labute approximate surface area is 233 Å². The van der Waals surface area contributed by atoms with Gasteiger partial charge in [-0.1, -0.05) is 12.1 Å². The summed E-state index contributed by atoms with van der Waals surface area (Å²) in [6, 6.07) is 9.29. The van der Waals surface area contributed by atoms with Gasteiger partial charge < -0.3 is 19.5 Å². The number of aryl methyl sites for hydroxylation is 1. The van der Waals surface area contributed by atoms with E-state index in [4.69, 9.17) is 4.74 Å². The molecule has 1 aromatic heterocycles. The molecule has 1 amide bonds. The highest BCUT2D eigenvalue weighted by Crippen LogP contribution is 2.55. The van der Waals surface area contributed by atoms with Gasteiger partial charge in [-0.3, -0.25) is 4.79 Å². The van der Waals surface area contributed by atoms with Crippen LogP contribution in [0.5, 0.6) is 0 Å². The smallest absolute Gasteiger partial charge is 0.381 e. The molecule has 41 heavy (non-hydrogen) atoms. The third-order valence-corrected chi connectivity index (χ3v) is 8.46. The number of carbonyl (C=O) groups excluding carboxylic acids is 1. The Hall–Kier alpha value is -3.38. The molecule has 1 unspecified atom stereocenters.